The van der Waals surface area contributed by atoms with Gasteiger partial charge in [0.05, 0.1) is 18.7 Å². The molecule has 1 aliphatic heterocycles. The molecule has 0 aliphatic carbocycles. The van der Waals surface area contributed by atoms with Crippen molar-refractivity contribution in [2.75, 3.05) is 18.1 Å². The highest BCUT2D eigenvalue weighted by molar-refractivity contribution is 6.30. The number of nitrogens with zero attached hydrogens (tertiary/aromatic N) is 2. The second-order valence-corrected chi connectivity index (χ2v) is 6.56. The van der Waals surface area contributed by atoms with E-state index in [9.17, 15) is 9.59 Å². The molecule has 7 heteroatoms. The van der Waals surface area contributed by atoms with E-state index in [4.69, 9.17) is 16.3 Å². The van der Waals surface area contributed by atoms with Gasteiger partial charge in [0.25, 0.3) is 0 Å². The molecule has 1 heterocycles. The van der Waals surface area contributed by atoms with Crippen molar-refractivity contribution in [1.29, 1.82) is 0 Å². The van der Waals surface area contributed by atoms with Crippen LogP contribution < -0.4 is 15.1 Å². The van der Waals surface area contributed by atoms with Gasteiger partial charge in [-0.25, -0.2) is 5.43 Å². The van der Waals surface area contributed by atoms with Crippen molar-refractivity contribution >= 4 is 35.3 Å². The first-order valence-electron chi connectivity index (χ1n) is 8.68. The van der Waals surface area contributed by atoms with Crippen molar-refractivity contribution in [1.82, 2.24) is 5.43 Å². The third-order valence-electron chi connectivity index (χ3n) is 4.19. The number of hydrogen-bond acceptors (Lipinski definition) is 4. The fraction of sp³-hybridized carbons (Fsp3) is 0.250. The van der Waals surface area contributed by atoms with Crippen LogP contribution in [0.5, 0.6) is 5.75 Å². The van der Waals surface area contributed by atoms with Gasteiger partial charge in [-0.2, -0.15) is 5.10 Å². The third kappa shape index (κ3) is 4.86. The van der Waals surface area contributed by atoms with Gasteiger partial charge in [-0.3, -0.25) is 9.59 Å². The van der Waals surface area contributed by atoms with Gasteiger partial charge < -0.3 is 9.64 Å². The van der Waals surface area contributed by atoms with Crippen molar-refractivity contribution in [3.05, 3.63) is 59.1 Å². The zero-order chi connectivity index (χ0) is 19.2. The van der Waals surface area contributed by atoms with Crippen molar-refractivity contribution in [2.24, 2.45) is 11.0 Å². The number of nitrogens with one attached hydrogen (secondary N) is 1. The maximum Gasteiger partial charge on any atom is 0.245 e. The standard InChI is InChI=1S/C20H20ClN3O3/c1-2-27-18-8-6-17(7-9-18)24-13-15(11-19(24)25)20(26)23-22-12-14-4-3-5-16(21)10-14/h3-10,12,15H,2,11,13H2,1H3,(H,23,26)/b22-12-/t15-/m1/s1. The number of halogens is 1. The Morgan fingerprint density at radius 3 is 2.81 bits per heavy atom. The van der Waals surface area contributed by atoms with Crippen molar-refractivity contribution in [2.45, 2.75) is 13.3 Å². The molecule has 0 saturated carbocycles. The summed E-state index contributed by atoms with van der Waals surface area (Å²) in [5.41, 5.74) is 4.03. The Hall–Kier alpha value is -2.86. The summed E-state index contributed by atoms with van der Waals surface area (Å²) in [6, 6.07) is 14.4. The van der Waals surface area contributed by atoms with Crippen molar-refractivity contribution in [3.8, 4) is 5.75 Å². The van der Waals surface area contributed by atoms with E-state index < -0.39 is 5.92 Å². The highest BCUT2D eigenvalue weighted by Crippen LogP contribution is 2.27. The molecule has 1 saturated heterocycles. The van der Waals surface area contributed by atoms with E-state index in [1.807, 2.05) is 37.3 Å². The Labute approximate surface area is 162 Å². The lowest BCUT2D eigenvalue weighted by Gasteiger charge is -2.17. The largest absolute Gasteiger partial charge is 0.494 e. The first-order chi connectivity index (χ1) is 13.1. The van der Waals surface area contributed by atoms with E-state index in [0.717, 1.165) is 17.0 Å². The zero-order valence-corrected chi connectivity index (χ0v) is 15.6. The number of carbonyl (C=O) groups is 2. The van der Waals surface area contributed by atoms with Crippen LogP contribution in [0.2, 0.25) is 5.02 Å². The van der Waals surface area contributed by atoms with Gasteiger partial charge >= 0.3 is 0 Å². The summed E-state index contributed by atoms with van der Waals surface area (Å²) >= 11 is 5.91. The molecule has 2 aromatic rings. The molecule has 2 aromatic carbocycles. The second kappa shape index (κ2) is 8.68. The molecule has 0 spiro atoms. The van der Waals surface area contributed by atoms with Gasteiger partial charge in [0.2, 0.25) is 11.8 Å². The molecule has 0 aromatic heterocycles. The number of anilines is 1. The van der Waals surface area contributed by atoms with Crippen LogP contribution in [-0.4, -0.2) is 31.2 Å². The van der Waals surface area contributed by atoms with E-state index >= 15 is 0 Å². The van der Waals surface area contributed by atoms with Gasteiger partial charge in [-0.05, 0) is 48.9 Å². The lowest BCUT2D eigenvalue weighted by molar-refractivity contribution is -0.126. The topological polar surface area (TPSA) is 71.0 Å². The molecule has 0 bridgehead atoms. The molecule has 1 aliphatic rings. The number of carbonyl (C=O) groups excluding carboxylic acids is 2. The minimum absolute atomic E-state index is 0.0851. The smallest absolute Gasteiger partial charge is 0.245 e. The number of ether oxygens (including phenoxy) is 1. The SMILES string of the molecule is CCOc1ccc(N2C[C@H](C(=O)N/N=C\c3cccc(Cl)c3)CC2=O)cc1. The molecule has 1 fully saturated rings. The summed E-state index contributed by atoms with van der Waals surface area (Å²) in [5, 5.41) is 4.55. The fourth-order valence-corrected chi connectivity index (χ4v) is 3.07. The first kappa shape index (κ1) is 18.9. The number of hydrogen-bond donors (Lipinski definition) is 1. The summed E-state index contributed by atoms with van der Waals surface area (Å²) in [7, 11) is 0. The van der Waals surface area contributed by atoms with Crippen LogP contribution in [0.3, 0.4) is 0 Å². The van der Waals surface area contributed by atoms with Crippen LogP contribution in [0.15, 0.2) is 53.6 Å². The maximum absolute atomic E-state index is 12.3. The van der Waals surface area contributed by atoms with Gasteiger partial charge in [0.15, 0.2) is 0 Å². The van der Waals surface area contributed by atoms with Crippen LogP contribution >= 0.6 is 11.6 Å². The van der Waals surface area contributed by atoms with Crippen LogP contribution in [0, 0.1) is 5.92 Å². The fourth-order valence-electron chi connectivity index (χ4n) is 2.87. The van der Waals surface area contributed by atoms with Gasteiger partial charge in [0.1, 0.15) is 5.75 Å². The Morgan fingerprint density at radius 2 is 2.11 bits per heavy atom. The third-order valence-corrected chi connectivity index (χ3v) is 4.43. The average Bonchev–Trinajstić information content (AvgIpc) is 3.04. The maximum atomic E-state index is 12.3. The molecule has 3 rings (SSSR count). The first-order valence-corrected chi connectivity index (χ1v) is 9.06. The molecule has 27 heavy (non-hydrogen) atoms. The molecule has 0 radical (unpaired) electrons. The molecule has 6 nitrogen and oxygen atoms in total. The number of rotatable bonds is 6. The Balaban J connectivity index is 1.58. The van der Waals surface area contributed by atoms with E-state index in [0.29, 0.717) is 18.2 Å². The minimum atomic E-state index is -0.444. The molecule has 0 unspecified atom stereocenters. The Bertz CT molecular complexity index is 852. The second-order valence-electron chi connectivity index (χ2n) is 6.12. The normalized spacial score (nSPS) is 16.7. The van der Waals surface area contributed by atoms with Gasteiger partial charge in [-0.15, -0.1) is 0 Å². The van der Waals surface area contributed by atoms with Crippen molar-refractivity contribution in [3.63, 3.8) is 0 Å². The quantitative estimate of drug-likeness (QED) is 0.613. The van der Waals surface area contributed by atoms with Gasteiger partial charge in [-0.1, -0.05) is 23.7 Å². The van der Waals surface area contributed by atoms with E-state index in [1.165, 1.54) is 6.21 Å². The number of hydrazone groups is 1. The molecule has 2 amide bonds. The summed E-state index contributed by atoms with van der Waals surface area (Å²) in [4.78, 5) is 26.2. The van der Waals surface area contributed by atoms with Crippen LogP contribution in [-0.2, 0) is 9.59 Å². The predicted octanol–water partition coefficient (Wildman–Crippen LogP) is 3.24. The summed E-state index contributed by atoms with van der Waals surface area (Å²) < 4.78 is 5.41. The molecule has 1 N–H and O–H groups in total. The lowest BCUT2D eigenvalue weighted by Crippen LogP contribution is -2.30. The number of benzene rings is 2. The van der Waals surface area contributed by atoms with Crippen molar-refractivity contribution < 1.29 is 14.3 Å². The van der Waals surface area contributed by atoms with E-state index in [1.54, 1.807) is 23.1 Å². The highest BCUT2D eigenvalue weighted by atomic mass is 35.5. The predicted molar refractivity (Wildman–Crippen MR) is 105 cm³/mol. The summed E-state index contributed by atoms with van der Waals surface area (Å²) in [6.45, 7) is 2.82. The van der Waals surface area contributed by atoms with Gasteiger partial charge in [0, 0.05) is 23.7 Å². The number of amides is 2. The van der Waals surface area contributed by atoms with E-state index in [-0.39, 0.29) is 18.2 Å². The highest BCUT2D eigenvalue weighted by Gasteiger charge is 2.35. The zero-order valence-electron chi connectivity index (χ0n) is 14.9. The molecule has 1 atom stereocenters. The molecular weight excluding hydrogens is 366 g/mol. The molecular formula is C20H20ClN3O3. The average molecular weight is 386 g/mol. The van der Waals surface area contributed by atoms with Crippen LogP contribution in [0.1, 0.15) is 18.9 Å². The van der Waals surface area contributed by atoms with Crippen LogP contribution in [0.4, 0.5) is 5.69 Å². The summed E-state index contributed by atoms with van der Waals surface area (Å²) in [6.07, 6.45) is 1.68. The molecule has 140 valence electrons. The Morgan fingerprint density at radius 1 is 1.33 bits per heavy atom. The lowest BCUT2D eigenvalue weighted by atomic mass is 10.1. The Kier molecular flexibility index (Phi) is 6.08. The summed E-state index contributed by atoms with van der Waals surface area (Å²) in [5.74, 6) is -0.0636. The minimum Gasteiger partial charge on any atom is -0.494 e. The van der Waals surface area contributed by atoms with Crippen LogP contribution in [0.25, 0.3) is 0 Å². The van der Waals surface area contributed by atoms with E-state index in [2.05, 4.69) is 10.5 Å². The monoisotopic (exact) mass is 385 g/mol.